The molecule has 30 heavy (non-hydrogen) atoms. The molecule has 11 heteroatoms. The van der Waals surface area contributed by atoms with E-state index in [1.54, 1.807) is 13.1 Å². The normalized spacial score (nSPS) is 19.6. The van der Waals surface area contributed by atoms with Gasteiger partial charge in [0.05, 0.1) is 0 Å². The first-order valence-corrected chi connectivity index (χ1v) is 9.95. The van der Waals surface area contributed by atoms with Gasteiger partial charge in [0.25, 0.3) is 5.91 Å². The molecule has 1 unspecified atom stereocenters. The predicted molar refractivity (Wildman–Crippen MR) is 121 cm³/mol. The van der Waals surface area contributed by atoms with E-state index in [1.807, 2.05) is 9.80 Å². The van der Waals surface area contributed by atoms with Gasteiger partial charge in [0.1, 0.15) is 11.9 Å². The molecule has 2 saturated heterocycles. The van der Waals surface area contributed by atoms with Gasteiger partial charge in [-0.1, -0.05) is 11.6 Å². The Morgan fingerprint density at radius 1 is 1.33 bits per heavy atom. The number of benzene rings is 1. The van der Waals surface area contributed by atoms with Crippen molar-refractivity contribution in [2.45, 2.75) is 32.1 Å². The highest BCUT2D eigenvalue weighted by molar-refractivity contribution is 14.0. The standard InChI is InChI=1S/C19H25ClF2N4O3.HI/c1-23-19(24-12-13-11-14(20)4-5-15(13)29-18(21)22)26-8-6-25(7-9-26)17(27)16-3-2-10-28-16;/h4-5,11,16,18H,2-3,6-10,12H2,1H3,(H,23,24);1H. The molecular weight excluding hydrogens is 533 g/mol. The fraction of sp³-hybridized carbons (Fsp3) is 0.579. The van der Waals surface area contributed by atoms with Crippen molar-refractivity contribution >= 4 is 47.4 Å². The minimum Gasteiger partial charge on any atom is -0.434 e. The van der Waals surface area contributed by atoms with Gasteiger partial charge < -0.3 is 24.6 Å². The lowest BCUT2D eigenvalue weighted by molar-refractivity contribution is -0.142. The first kappa shape index (κ1) is 24.9. The lowest BCUT2D eigenvalue weighted by Crippen LogP contribution is -2.55. The van der Waals surface area contributed by atoms with Gasteiger partial charge in [-0.2, -0.15) is 8.78 Å². The highest BCUT2D eigenvalue weighted by Gasteiger charge is 2.30. The zero-order chi connectivity index (χ0) is 20.8. The monoisotopic (exact) mass is 558 g/mol. The van der Waals surface area contributed by atoms with Gasteiger partial charge in [-0.25, -0.2) is 0 Å². The van der Waals surface area contributed by atoms with E-state index >= 15 is 0 Å². The second-order valence-corrected chi connectivity index (χ2v) is 7.28. The fourth-order valence-electron chi connectivity index (χ4n) is 3.52. The van der Waals surface area contributed by atoms with Gasteiger partial charge in [0.2, 0.25) is 0 Å². The van der Waals surface area contributed by atoms with Crippen LogP contribution in [0.5, 0.6) is 5.75 Å². The van der Waals surface area contributed by atoms with E-state index < -0.39 is 6.61 Å². The number of carbonyl (C=O) groups is 1. The summed E-state index contributed by atoms with van der Waals surface area (Å²) in [7, 11) is 1.65. The van der Waals surface area contributed by atoms with Gasteiger partial charge in [-0.15, -0.1) is 24.0 Å². The Morgan fingerprint density at radius 3 is 2.63 bits per heavy atom. The average molecular weight is 559 g/mol. The molecule has 0 radical (unpaired) electrons. The number of carbonyl (C=O) groups excluding carboxylic acids is 1. The largest absolute Gasteiger partial charge is 0.434 e. The van der Waals surface area contributed by atoms with Crippen LogP contribution < -0.4 is 10.1 Å². The Kier molecular flexibility index (Phi) is 9.82. The van der Waals surface area contributed by atoms with Crippen LogP contribution in [0.2, 0.25) is 5.02 Å². The number of amides is 1. The van der Waals surface area contributed by atoms with Gasteiger partial charge in [-0.3, -0.25) is 9.79 Å². The fourth-order valence-corrected chi connectivity index (χ4v) is 3.71. The van der Waals surface area contributed by atoms with Crippen LogP contribution in [0.25, 0.3) is 0 Å². The van der Waals surface area contributed by atoms with Gasteiger partial charge in [0.15, 0.2) is 5.96 Å². The summed E-state index contributed by atoms with van der Waals surface area (Å²) in [6.45, 7) is 0.357. The van der Waals surface area contributed by atoms with Crippen LogP contribution >= 0.6 is 35.6 Å². The lowest BCUT2D eigenvalue weighted by atomic mass is 10.2. The molecule has 7 nitrogen and oxygen atoms in total. The molecule has 0 spiro atoms. The highest BCUT2D eigenvalue weighted by Crippen LogP contribution is 2.24. The summed E-state index contributed by atoms with van der Waals surface area (Å²) in [6, 6.07) is 4.50. The van der Waals surface area contributed by atoms with Crippen molar-refractivity contribution in [3.05, 3.63) is 28.8 Å². The molecule has 0 aromatic heterocycles. The molecule has 1 N–H and O–H groups in total. The van der Waals surface area contributed by atoms with Crippen molar-refractivity contribution in [3.63, 3.8) is 0 Å². The Balaban J connectivity index is 0.00000320. The van der Waals surface area contributed by atoms with E-state index in [2.05, 4.69) is 15.0 Å². The van der Waals surface area contributed by atoms with Gasteiger partial charge in [-0.05, 0) is 31.0 Å². The number of hydrogen-bond acceptors (Lipinski definition) is 4. The maximum absolute atomic E-state index is 12.6. The molecule has 1 aromatic rings. The summed E-state index contributed by atoms with van der Waals surface area (Å²) in [6.07, 6.45) is 1.40. The molecule has 3 rings (SSSR count). The van der Waals surface area contributed by atoms with E-state index in [0.717, 1.165) is 12.8 Å². The number of guanidine groups is 1. The minimum absolute atomic E-state index is 0. The number of piperazine rings is 1. The van der Waals surface area contributed by atoms with Gasteiger partial charge in [0, 0.05) is 57.0 Å². The van der Waals surface area contributed by atoms with Crippen molar-refractivity contribution in [3.8, 4) is 5.75 Å². The molecular formula is C19H26ClF2IN4O3. The first-order chi connectivity index (χ1) is 14.0. The van der Waals surface area contributed by atoms with E-state index in [-0.39, 0.29) is 48.3 Å². The number of nitrogens with one attached hydrogen (secondary N) is 1. The quantitative estimate of drug-likeness (QED) is 0.342. The molecule has 168 valence electrons. The number of rotatable bonds is 5. The first-order valence-electron chi connectivity index (χ1n) is 9.57. The van der Waals surface area contributed by atoms with Crippen LogP contribution in [-0.4, -0.2) is 74.2 Å². The van der Waals surface area contributed by atoms with E-state index in [9.17, 15) is 13.6 Å². The number of hydrogen-bond donors (Lipinski definition) is 1. The summed E-state index contributed by atoms with van der Waals surface area (Å²) < 4.78 is 35.3. The second-order valence-electron chi connectivity index (χ2n) is 6.85. The van der Waals surface area contributed by atoms with Crippen molar-refractivity contribution in [1.29, 1.82) is 0 Å². The number of alkyl halides is 2. The van der Waals surface area contributed by atoms with E-state index in [1.165, 1.54) is 12.1 Å². The van der Waals surface area contributed by atoms with Crippen LogP contribution in [0.15, 0.2) is 23.2 Å². The average Bonchev–Trinajstić information content (AvgIpc) is 3.25. The Bertz CT molecular complexity index is 742. The number of nitrogens with zero attached hydrogens (tertiary/aromatic N) is 3. The third-order valence-corrected chi connectivity index (χ3v) is 5.22. The molecule has 2 aliphatic heterocycles. The van der Waals surface area contributed by atoms with Crippen LogP contribution in [0.4, 0.5) is 8.78 Å². The molecule has 2 heterocycles. The predicted octanol–water partition coefficient (Wildman–Crippen LogP) is 2.96. The van der Waals surface area contributed by atoms with Crippen LogP contribution in [0.1, 0.15) is 18.4 Å². The molecule has 0 saturated carbocycles. The van der Waals surface area contributed by atoms with Crippen LogP contribution in [0, 0.1) is 0 Å². The zero-order valence-corrected chi connectivity index (χ0v) is 19.7. The molecule has 0 bridgehead atoms. The summed E-state index contributed by atoms with van der Waals surface area (Å²) in [5.41, 5.74) is 0.506. The van der Waals surface area contributed by atoms with Gasteiger partial charge >= 0.3 is 6.61 Å². The number of halogens is 4. The lowest BCUT2D eigenvalue weighted by Gasteiger charge is -2.37. The van der Waals surface area contributed by atoms with Crippen molar-refractivity contribution in [2.24, 2.45) is 4.99 Å². The Labute approximate surface area is 196 Å². The minimum atomic E-state index is -2.91. The third-order valence-electron chi connectivity index (χ3n) is 4.98. The van der Waals surface area contributed by atoms with E-state index in [0.29, 0.717) is 49.3 Å². The zero-order valence-electron chi connectivity index (χ0n) is 16.7. The summed E-state index contributed by atoms with van der Waals surface area (Å²) in [5.74, 6) is 0.745. The molecule has 0 aliphatic carbocycles. The topological polar surface area (TPSA) is 66.4 Å². The second kappa shape index (κ2) is 11.8. The molecule has 1 amide bonds. The molecule has 2 fully saturated rings. The molecule has 2 aliphatic rings. The summed E-state index contributed by atoms with van der Waals surface area (Å²) >= 11 is 5.99. The van der Waals surface area contributed by atoms with Crippen molar-refractivity contribution in [1.82, 2.24) is 15.1 Å². The molecule has 1 atom stereocenters. The summed E-state index contributed by atoms with van der Waals surface area (Å²) in [4.78, 5) is 20.6. The van der Waals surface area contributed by atoms with Crippen LogP contribution in [0.3, 0.4) is 0 Å². The van der Waals surface area contributed by atoms with Crippen molar-refractivity contribution < 1.29 is 23.0 Å². The van der Waals surface area contributed by atoms with Crippen molar-refractivity contribution in [2.75, 3.05) is 39.8 Å². The Morgan fingerprint density at radius 2 is 2.03 bits per heavy atom. The maximum Gasteiger partial charge on any atom is 0.387 e. The third kappa shape index (κ3) is 6.55. The number of ether oxygens (including phenoxy) is 2. The SMILES string of the molecule is CN=C(NCc1cc(Cl)ccc1OC(F)F)N1CCN(C(=O)C2CCCO2)CC1.I. The smallest absolute Gasteiger partial charge is 0.387 e. The summed E-state index contributed by atoms with van der Waals surface area (Å²) in [5, 5.41) is 3.59. The molecule has 1 aromatic carbocycles. The number of aliphatic imine (C=N–C) groups is 1. The van der Waals surface area contributed by atoms with Crippen LogP contribution in [-0.2, 0) is 16.1 Å². The highest BCUT2D eigenvalue weighted by atomic mass is 127. The maximum atomic E-state index is 12.6. The van der Waals surface area contributed by atoms with E-state index in [4.69, 9.17) is 16.3 Å². The Hall–Kier alpha value is -1.40.